The van der Waals surface area contributed by atoms with Gasteiger partial charge in [-0.15, -0.1) is 0 Å². The molecule has 1 saturated heterocycles. The highest BCUT2D eigenvalue weighted by Gasteiger charge is 2.16. The predicted octanol–water partition coefficient (Wildman–Crippen LogP) is 2.31. The maximum atomic E-state index is 11.8. The van der Waals surface area contributed by atoms with Crippen molar-refractivity contribution in [3.8, 4) is 0 Å². The molecule has 2 rings (SSSR count). The molecule has 1 aromatic rings. The van der Waals surface area contributed by atoms with Crippen LogP contribution in [0.3, 0.4) is 0 Å². The second kappa shape index (κ2) is 5.21. The number of benzene rings is 1. The third-order valence-corrected chi connectivity index (χ3v) is 3.64. The molecule has 3 heteroatoms. The van der Waals surface area contributed by atoms with Gasteiger partial charge in [-0.25, -0.2) is 0 Å². The zero-order chi connectivity index (χ0) is 10.5. The molecule has 1 aromatic carbocycles. The Morgan fingerprint density at radius 3 is 2.53 bits per heavy atom. The first kappa shape index (κ1) is 10.6. The van der Waals surface area contributed by atoms with Crippen molar-refractivity contribution in [2.45, 2.75) is 18.9 Å². The van der Waals surface area contributed by atoms with Crippen LogP contribution in [0.5, 0.6) is 0 Å². The van der Waals surface area contributed by atoms with E-state index in [4.69, 9.17) is 0 Å². The fourth-order valence-electron chi connectivity index (χ4n) is 1.70. The van der Waals surface area contributed by atoms with Gasteiger partial charge in [0, 0.05) is 11.6 Å². The summed E-state index contributed by atoms with van der Waals surface area (Å²) in [6.45, 7) is 0. The Bertz CT molecular complexity index is 320. The first-order valence-electron chi connectivity index (χ1n) is 5.30. The number of hydrogen-bond acceptors (Lipinski definition) is 2. The van der Waals surface area contributed by atoms with Crippen LogP contribution < -0.4 is 5.32 Å². The molecule has 0 spiro atoms. The summed E-state index contributed by atoms with van der Waals surface area (Å²) >= 11 is 1.97. The SMILES string of the molecule is O=C(NC1CCSCC1)c1ccccc1. The molecule has 0 radical (unpaired) electrons. The zero-order valence-corrected chi connectivity index (χ0v) is 9.43. The highest BCUT2D eigenvalue weighted by molar-refractivity contribution is 7.99. The molecule has 1 amide bonds. The number of carbonyl (C=O) groups excluding carboxylic acids is 1. The maximum Gasteiger partial charge on any atom is 0.251 e. The van der Waals surface area contributed by atoms with Gasteiger partial charge < -0.3 is 5.32 Å². The molecule has 15 heavy (non-hydrogen) atoms. The molecular weight excluding hydrogens is 206 g/mol. The second-order valence-electron chi connectivity index (χ2n) is 3.73. The molecule has 0 unspecified atom stereocenters. The monoisotopic (exact) mass is 221 g/mol. The van der Waals surface area contributed by atoms with Crippen molar-refractivity contribution in [1.29, 1.82) is 0 Å². The Kier molecular flexibility index (Phi) is 3.67. The standard InChI is InChI=1S/C12H15NOS/c14-12(10-4-2-1-3-5-10)13-11-6-8-15-9-7-11/h1-5,11H,6-9H2,(H,13,14). The van der Waals surface area contributed by atoms with Gasteiger partial charge in [-0.2, -0.15) is 11.8 Å². The van der Waals surface area contributed by atoms with Crippen molar-refractivity contribution in [3.63, 3.8) is 0 Å². The summed E-state index contributed by atoms with van der Waals surface area (Å²) in [6.07, 6.45) is 2.20. The molecule has 1 N–H and O–H groups in total. The van der Waals surface area contributed by atoms with Gasteiger partial charge in [-0.1, -0.05) is 18.2 Å². The van der Waals surface area contributed by atoms with Crippen LogP contribution in [0, 0.1) is 0 Å². The van der Waals surface area contributed by atoms with Crippen molar-refractivity contribution in [3.05, 3.63) is 35.9 Å². The molecule has 0 saturated carbocycles. The highest BCUT2D eigenvalue weighted by Crippen LogP contribution is 2.17. The third kappa shape index (κ3) is 2.99. The molecule has 0 bridgehead atoms. The number of rotatable bonds is 2. The number of hydrogen-bond donors (Lipinski definition) is 1. The van der Waals surface area contributed by atoms with E-state index in [0.29, 0.717) is 6.04 Å². The van der Waals surface area contributed by atoms with Crippen molar-refractivity contribution in [2.24, 2.45) is 0 Å². The minimum Gasteiger partial charge on any atom is -0.349 e. The summed E-state index contributed by atoms with van der Waals surface area (Å²) in [5, 5.41) is 3.08. The van der Waals surface area contributed by atoms with Crippen LogP contribution in [-0.4, -0.2) is 23.5 Å². The lowest BCUT2D eigenvalue weighted by molar-refractivity contribution is 0.0935. The van der Waals surface area contributed by atoms with Gasteiger partial charge in [0.25, 0.3) is 5.91 Å². The minimum atomic E-state index is 0.0625. The Balaban J connectivity index is 1.91. The lowest BCUT2D eigenvalue weighted by Crippen LogP contribution is -2.37. The van der Waals surface area contributed by atoms with E-state index in [2.05, 4.69) is 5.32 Å². The lowest BCUT2D eigenvalue weighted by atomic mass is 10.1. The van der Waals surface area contributed by atoms with Crippen LogP contribution in [0.15, 0.2) is 30.3 Å². The van der Waals surface area contributed by atoms with Crippen LogP contribution in [0.4, 0.5) is 0 Å². The summed E-state index contributed by atoms with van der Waals surface area (Å²) in [4.78, 5) is 11.8. The Labute approximate surface area is 94.4 Å². The van der Waals surface area contributed by atoms with Gasteiger partial charge in [-0.3, -0.25) is 4.79 Å². The summed E-state index contributed by atoms with van der Waals surface area (Å²) in [6, 6.07) is 9.80. The third-order valence-electron chi connectivity index (χ3n) is 2.59. The van der Waals surface area contributed by atoms with E-state index in [1.165, 1.54) is 11.5 Å². The van der Waals surface area contributed by atoms with Crippen molar-refractivity contribution < 1.29 is 4.79 Å². The van der Waals surface area contributed by atoms with Gasteiger partial charge in [0.15, 0.2) is 0 Å². The minimum absolute atomic E-state index is 0.0625. The molecule has 80 valence electrons. The molecule has 0 aliphatic carbocycles. The van der Waals surface area contributed by atoms with Crippen LogP contribution in [0.1, 0.15) is 23.2 Å². The number of amides is 1. The zero-order valence-electron chi connectivity index (χ0n) is 8.61. The Morgan fingerprint density at radius 1 is 1.20 bits per heavy atom. The second-order valence-corrected chi connectivity index (χ2v) is 4.95. The van der Waals surface area contributed by atoms with E-state index in [0.717, 1.165) is 18.4 Å². The summed E-state index contributed by atoms with van der Waals surface area (Å²) in [5.74, 6) is 2.40. The van der Waals surface area contributed by atoms with E-state index in [-0.39, 0.29) is 5.91 Å². The highest BCUT2D eigenvalue weighted by atomic mass is 32.2. The van der Waals surface area contributed by atoms with Gasteiger partial charge in [0.2, 0.25) is 0 Å². The average Bonchev–Trinajstić information content (AvgIpc) is 2.31. The smallest absolute Gasteiger partial charge is 0.251 e. The molecule has 0 atom stereocenters. The maximum absolute atomic E-state index is 11.8. The molecule has 1 fully saturated rings. The first-order chi connectivity index (χ1) is 7.36. The first-order valence-corrected chi connectivity index (χ1v) is 6.45. The topological polar surface area (TPSA) is 29.1 Å². The number of carbonyl (C=O) groups is 1. The van der Waals surface area contributed by atoms with Crippen molar-refractivity contribution in [2.75, 3.05) is 11.5 Å². The quantitative estimate of drug-likeness (QED) is 0.830. The van der Waals surface area contributed by atoms with E-state index < -0.39 is 0 Å². The molecule has 0 aromatic heterocycles. The normalized spacial score (nSPS) is 17.3. The summed E-state index contributed by atoms with van der Waals surface area (Å²) in [5.41, 5.74) is 0.760. The average molecular weight is 221 g/mol. The van der Waals surface area contributed by atoms with Crippen LogP contribution >= 0.6 is 11.8 Å². The van der Waals surface area contributed by atoms with Crippen LogP contribution in [0.2, 0.25) is 0 Å². The Hall–Kier alpha value is -0.960. The fourth-order valence-corrected chi connectivity index (χ4v) is 2.81. The van der Waals surface area contributed by atoms with Crippen molar-refractivity contribution >= 4 is 17.7 Å². The fraction of sp³-hybridized carbons (Fsp3) is 0.417. The number of nitrogens with one attached hydrogen (secondary N) is 1. The molecule has 2 nitrogen and oxygen atoms in total. The lowest BCUT2D eigenvalue weighted by Gasteiger charge is -2.22. The molecule has 1 heterocycles. The summed E-state index contributed by atoms with van der Waals surface area (Å²) in [7, 11) is 0. The molecule has 1 aliphatic heterocycles. The molecular formula is C12H15NOS. The Morgan fingerprint density at radius 2 is 1.87 bits per heavy atom. The van der Waals surface area contributed by atoms with E-state index in [1.807, 2.05) is 42.1 Å². The van der Waals surface area contributed by atoms with Gasteiger partial charge >= 0.3 is 0 Å². The van der Waals surface area contributed by atoms with Gasteiger partial charge in [0.1, 0.15) is 0 Å². The van der Waals surface area contributed by atoms with E-state index in [1.54, 1.807) is 0 Å². The van der Waals surface area contributed by atoms with Crippen LogP contribution in [-0.2, 0) is 0 Å². The molecule has 1 aliphatic rings. The van der Waals surface area contributed by atoms with E-state index in [9.17, 15) is 4.79 Å². The van der Waals surface area contributed by atoms with Crippen molar-refractivity contribution in [1.82, 2.24) is 5.32 Å². The number of thioether (sulfide) groups is 1. The predicted molar refractivity (Wildman–Crippen MR) is 64.3 cm³/mol. The van der Waals surface area contributed by atoms with E-state index >= 15 is 0 Å². The summed E-state index contributed by atoms with van der Waals surface area (Å²) < 4.78 is 0. The van der Waals surface area contributed by atoms with Crippen LogP contribution in [0.25, 0.3) is 0 Å². The van der Waals surface area contributed by atoms with Gasteiger partial charge in [-0.05, 0) is 36.5 Å². The largest absolute Gasteiger partial charge is 0.349 e. The van der Waals surface area contributed by atoms with Gasteiger partial charge in [0.05, 0.1) is 0 Å².